The second-order valence-electron chi connectivity index (χ2n) is 4.80. The first-order valence-corrected chi connectivity index (χ1v) is 7.05. The molecule has 5 nitrogen and oxygen atoms in total. The third-order valence-electron chi connectivity index (χ3n) is 3.06. The molecular formula is C17H18N2O3. The van der Waals surface area contributed by atoms with Crippen molar-refractivity contribution < 1.29 is 14.3 Å². The summed E-state index contributed by atoms with van der Waals surface area (Å²) in [4.78, 5) is 27.4. The maximum Gasteiger partial charge on any atom is 0.303 e. The molecule has 1 heterocycles. The van der Waals surface area contributed by atoms with Gasteiger partial charge in [-0.2, -0.15) is 0 Å². The van der Waals surface area contributed by atoms with Gasteiger partial charge in [-0.3, -0.25) is 14.6 Å². The van der Waals surface area contributed by atoms with Gasteiger partial charge >= 0.3 is 5.97 Å². The molecule has 0 fully saturated rings. The number of pyridine rings is 1. The Kier molecular flexibility index (Phi) is 5.65. The standard InChI is InChI=1S/C17H18N2O3/c1-13(20)22-16(15-8-5-10-18-12-15)17(21)19-11-9-14-6-3-2-4-7-14/h2-8,10,12,16H,9,11H2,1H3,(H,19,21)/t16-/m0/s1. The minimum Gasteiger partial charge on any atom is -0.447 e. The molecule has 1 atom stereocenters. The summed E-state index contributed by atoms with van der Waals surface area (Å²) in [6.07, 6.45) is 2.86. The largest absolute Gasteiger partial charge is 0.447 e. The maximum atomic E-state index is 12.3. The summed E-state index contributed by atoms with van der Waals surface area (Å²) in [7, 11) is 0. The Balaban J connectivity index is 1.96. The van der Waals surface area contributed by atoms with Crippen LogP contribution in [0.4, 0.5) is 0 Å². The maximum absolute atomic E-state index is 12.3. The number of carbonyl (C=O) groups is 2. The Morgan fingerprint density at radius 2 is 1.95 bits per heavy atom. The van der Waals surface area contributed by atoms with Gasteiger partial charge in [-0.1, -0.05) is 36.4 Å². The average molecular weight is 298 g/mol. The molecule has 0 bridgehead atoms. The summed E-state index contributed by atoms with van der Waals surface area (Å²) >= 11 is 0. The molecular weight excluding hydrogens is 280 g/mol. The molecule has 114 valence electrons. The van der Waals surface area contributed by atoms with E-state index in [4.69, 9.17) is 4.74 Å². The molecule has 1 amide bonds. The van der Waals surface area contributed by atoms with E-state index in [1.54, 1.807) is 18.3 Å². The second kappa shape index (κ2) is 7.93. The Morgan fingerprint density at radius 1 is 1.18 bits per heavy atom. The van der Waals surface area contributed by atoms with Crippen molar-refractivity contribution in [3.05, 3.63) is 66.0 Å². The first-order chi connectivity index (χ1) is 10.7. The van der Waals surface area contributed by atoms with Crippen LogP contribution in [0, 0.1) is 0 Å². The lowest BCUT2D eigenvalue weighted by molar-refractivity contribution is -0.154. The number of benzene rings is 1. The van der Waals surface area contributed by atoms with Crippen molar-refractivity contribution in [2.75, 3.05) is 6.54 Å². The summed E-state index contributed by atoms with van der Waals surface area (Å²) in [6, 6.07) is 13.2. The number of carbonyl (C=O) groups excluding carboxylic acids is 2. The summed E-state index contributed by atoms with van der Waals surface area (Å²) in [5, 5.41) is 2.79. The minimum atomic E-state index is -0.970. The van der Waals surface area contributed by atoms with Gasteiger partial charge in [-0.05, 0) is 18.1 Å². The van der Waals surface area contributed by atoms with E-state index in [-0.39, 0.29) is 5.91 Å². The lowest BCUT2D eigenvalue weighted by atomic mass is 10.1. The highest BCUT2D eigenvalue weighted by Gasteiger charge is 2.23. The molecule has 0 aliphatic carbocycles. The number of rotatable bonds is 6. The molecule has 0 spiro atoms. The SMILES string of the molecule is CC(=O)O[C@H](C(=O)NCCc1ccccc1)c1cccnc1. The van der Waals surface area contributed by atoms with E-state index < -0.39 is 12.1 Å². The zero-order valence-electron chi connectivity index (χ0n) is 12.4. The summed E-state index contributed by atoms with van der Waals surface area (Å²) in [6.45, 7) is 1.75. The number of esters is 1. The molecule has 22 heavy (non-hydrogen) atoms. The van der Waals surface area contributed by atoms with Crippen molar-refractivity contribution in [2.24, 2.45) is 0 Å². The summed E-state index contributed by atoms with van der Waals surface area (Å²) in [5.74, 6) is -0.855. The van der Waals surface area contributed by atoms with Gasteiger partial charge in [-0.25, -0.2) is 0 Å². The third-order valence-corrected chi connectivity index (χ3v) is 3.06. The summed E-state index contributed by atoms with van der Waals surface area (Å²) in [5.41, 5.74) is 1.68. The molecule has 0 aliphatic heterocycles. The number of ether oxygens (including phenoxy) is 1. The molecule has 0 aliphatic rings. The lowest BCUT2D eigenvalue weighted by Crippen LogP contribution is -2.33. The van der Waals surface area contributed by atoms with Gasteiger partial charge in [0.2, 0.25) is 6.10 Å². The monoisotopic (exact) mass is 298 g/mol. The van der Waals surface area contributed by atoms with Crippen molar-refractivity contribution in [3.63, 3.8) is 0 Å². The predicted molar refractivity (Wildman–Crippen MR) is 81.9 cm³/mol. The fraction of sp³-hybridized carbons (Fsp3) is 0.235. The van der Waals surface area contributed by atoms with Gasteiger partial charge in [-0.15, -0.1) is 0 Å². The Hall–Kier alpha value is -2.69. The first kappa shape index (κ1) is 15.7. The zero-order valence-corrected chi connectivity index (χ0v) is 12.4. The van der Waals surface area contributed by atoms with Crippen LogP contribution >= 0.6 is 0 Å². The van der Waals surface area contributed by atoms with Crippen molar-refractivity contribution in [3.8, 4) is 0 Å². The molecule has 1 N–H and O–H groups in total. The quantitative estimate of drug-likeness (QED) is 0.829. The van der Waals surface area contributed by atoms with Gasteiger partial charge in [0.15, 0.2) is 0 Å². The van der Waals surface area contributed by atoms with Gasteiger partial charge < -0.3 is 10.1 Å². The Bertz CT molecular complexity index is 614. The molecule has 2 aromatic rings. The van der Waals surface area contributed by atoms with Gasteiger partial charge in [0.25, 0.3) is 5.91 Å². The van der Waals surface area contributed by atoms with E-state index in [0.717, 1.165) is 5.56 Å². The van der Waals surface area contributed by atoms with Crippen LogP contribution in [0.3, 0.4) is 0 Å². The normalized spacial score (nSPS) is 11.5. The second-order valence-corrected chi connectivity index (χ2v) is 4.80. The van der Waals surface area contributed by atoms with Gasteiger partial charge in [0.1, 0.15) is 0 Å². The number of amides is 1. The molecule has 2 rings (SSSR count). The number of hydrogen-bond acceptors (Lipinski definition) is 4. The van der Waals surface area contributed by atoms with Crippen LogP contribution in [0.1, 0.15) is 24.2 Å². The topological polar surface area (TPSA) is 68.3 Å². The predicted octanol–water partition coefficient (Wildman–Crippen LogP) is 2.04. The highest BCUT2D eigenvalue weighted by molar-refractivity contribution is 5.84. The average Bonchev–Trinajstić information content (AvgIpc) is 2.54. The van der Waals surface area contributed by atoms with Crippen LogP contribution in [0.5, 0.6) is 0 Å². The lowest BCUT2D eigenvalue weighted by Gasteiger charge is -2.16. The van der Waals surface area contributed by atoms with Crippen molar-refractivity contribution in [1.82, 2.24) is 10.3 Å². The van der Waals surface area contributed by atoms with Crippen molar-refractivity contribution >= 4 is 11.9 Å². The summed E-state index contributed by atoms with van der Waals surface area (Å²) < 4.78 is 5.11. The zero-order chi connectivity index (χ0) is 15.8. The van der Waals surface area contributed by atoms with Crippen molar-refractivity contribution in [1.29, 1.82) is 0 Å². The molecule has 5 heteroatoms. The first-order valence-electron chi connectivity index (χ1n) is 7.05. The highest BCUT2D eigenvalue weighted by Crippen LogP contribution is 2.16. The fourth-order valence-corrected chi connectivity index (χ4v) is 2.04. The Morgan fingerprint density at radius 3 is 2.59 bits per heavy atom. The van der Waals surface area contributed by atoms with Crippen LogP contribution in [-0.2, 0) is 20.7 Å². The third kappa shape index (κ3) is 4.70. The fourth-order valence-electron chi connectivity index (χ4n) is 2.04. The van der Waals surface area contributed by atoms with E-state index in [0.29, 0.717) is 18.5 Å². The van der Waals surface area contributed by atoms with Crippen LogP contribution in [0.2, 0.25) is 0 Å². The van der Waals surface area contributed by atoms with E-state index in [1.807, 2.05) is 30.3 Å². The van der Waals surface area contributed by atoms with Crippen LogP contribution in [0.25, 0.3) is 0 Å². The molecule has 1 aromatic carbocycles. The highest BCUT2D eigenvalue weighted by atomic mass is 16.5. The minimum absolute atomic E-state index is 0.348. The number of nitrogens with zero attached hydrogens (tertiary/aromatic N) is 1. The van der Waals surface area contributed by atoms with E-state index in [2.05, 4.69) is 10.3 Å². The molecule has 0 saturated carbocycles. The number of aromatic nitrogens is 1. The van der Waals surface area contributed by atoms with Crippen LogP contribution < -0.4 is 5.32 Å². The van der Waals surface area contributed by atoms with Crippen LogP contribution in [-0.4, -0.2) is 23.4 Å². The Labute approximate surface area is 129 Å². The number of hydrogen-bond donors (Lipinski definition) is 1. The van der Waals surface area contributed by atoms with Gasteiger partial charge in [0.05, 0.1) is 0 Å². The van der Waals surface area contributed by atoms with Crippen molar-refractivity contribution in [2.45, 2.75) is 19.4 Å². The molecule has 1 aromatic heterocycles. The van der Waals surface area contributed by atoms with E-state index in [9.17, 15) is 9.59 Å². The van der Waals surface area contributed by atoms with Crippen LogP contribution in [0.15, 0.2) is 54.9 Å². The number of nitrogens with one attached hydrogen (secondary N) is 1. The molecule has 0 unspecified atom stereocenters. The molecule has 0 radical (unpaired) electrons. The van der Waals surface area contributed by atoms with E-state index in [1.165, 1.54) is 13.1 Å². The smallest absolute Gasteiger partial charge is 0.303 e. The molecule has 0 saturated heterocycles. The van der Waals surface area contributed by atoms with E-state index >= 15 is 0 Å². The van der Waals surface area contributed by atoms with Gasteiger partial charge in [0, 0.05) is 31.4 Å².